The second-order valence-electron chi connectivity index (χ2n) is 6.03. The second-order valence-corrected chi connectivity index (χ2v) is 6.03. The van der Waals surface area contributed by atoms with E-state index >= 15 is 0 Å². The van der Waals surface area contributed by atoms with Crippen LogP contribution in [-0.2, 0) is 0 Å². The zero-order valence-electron chi connectivity index (χ0n) is 11.8. The lowest BCUT2D eigenvalue weighted by Crippen LogP contribution is -2.49. The summed E-state index contributed by atoms with van der Waals surface area (Å²) in [6.07, 6.45) is 10.00. The molecule has 1 heteroatoms. The summed E-state index contributed by atoms with van der Waals surface area (Å²) in [5, 5.41) is 3.50. The smallest absolute Gasteiger partial charge is 0.00977 e. The van der Waals surface area contributed by atoms with Crippen molar-refractivity contribution in [3.8, 4) is 0 Å². The largest absolute Gasteiger partial charge is 0.317 e. The van der Waals surface area contributed by atoms with E-state index in [0.717, 1.165) is 23.8 Å². The molecule has 96 valence electrons. The van der Waals surface area contributed by atoms with Crippen LogP contribution in [0.3, 0.4) is 0 Å². The zero-order valence-corrected chi connectivity index (χ0v) is 11.8. The first kappa shape index (κ1) is 14.0. The van der Waals surface area contributed by atoms with Gasteiger partial charge in [-0.2, -0.15) is 0 Å². The van der Waals surface area contributed by atoms with E-state index in [2.05, 4.69) is 33.1 Å². The van der Waals surface area contributed by atoms with Crippen LogP contribution in [0.25, 0.3) is 0 Å². The third-order valence-corrected chi connectivity index (χ3v) is 4.21. The lowest BCUT2D eigenvalue weighted by atomic mass is 9.64. The Hall–Kier alpha value is -0.0400. The molecule has 0 spiro atoms. The summed E-state index contributed by atoms with van der Waals surface area (Å²) in [5.74, 6) is 2.87. The number of hydrogen-bond acceptors (Lipinski definition) is 1. The molecule has 1 nitrogen and oxygen atoms in total. The Morgan fingerprint density at radius 1 is 1.19 bits per heavy atom. The fourth-order valence-electron chi connectivity index (χ4n) is 3.26. The van der Waals surface area contributed by atoms with E-state index < -0.39 is 0 Å². The van der Waals surface area contributed by atoms with Crippen molar-refractivity contribution in [2.45, 2.75) is 71.8 Å². The molecule has 1 aliphatic rings. The summed E-state index contributed by atoms with van der Waals surface area (Å²) in [4.78, 5) is 0. The van der Waals surface area contributed by atoms with Gasteiger partial charge in [-0.25, -0.2) is 0 Å². The van der Waals surface area contributed by atoms with Crippen molar-refractivity contribution in [2.75, 3.05) is 7.05 Å². The van der Waals surface area contributed by atoms with Gasteiger partial charge in [0.1, 0.15) is 0 Å². The zero-order chi connectivity index (χ0) is 12.0. The average molecular weight is 225 g/mol. The van der Waals surface area contributed by atoms with Crippen molar-refractivity contribution < 1.29 is 0 Å². The third-order valence-electron chi connectivity index (χ3n) is 4.21. The van der Waals surface area contributed by atoms with Crippen molar-refractivity contribution in [1.82, 2.24) is 5.32 Å². The molecule has 0 aromatic carbocycles. The van der Waals surface area contributed by atoms with E-state index in [-0.39, 0.29) is 0 Å². The predicted molar refractivity (Wildman–Crippen MR) is 72.7 cm³/mol. The molecule has 3 unspecified atom stereocenters. The Morgan fingerprint density at radius 2 is 1.94 bits per heavy atom. The molecule has 1 rings (SSSR count). The topological polar surface area (TPSA) is 12.0 Å². The van der Waals surface area contributed by atoms with Crippen molar-refractivity contribution in [2.24, 2.45) is 17.8 Å². The molecular weight excluding hydrogens is 194 g/mol. The quantitative estimate of drug-likeness (QED) is 0.610. The Kier molecular flexibility index (Phi) is 6.41. The molecule has 1 saturated carbocycles. The molecule has 0 aliphatic heterocycles. The summed E-state index contributed by atoms with van der Waals surface area (Å²) < 4.78 is 0. The van der Waals surface area contributed by atoms with Gasteiger partial charge in [-0.3, -0.25) is 0 Å². The van der Waals surface area contributed by atoms with Crippen LogP contribution in [0.15, 0.2) is 0 Å². The standard InChI is InChI=1S/C15H31N/c1-5-6-7-8-9-14-13(10-12(2)3)11-15(14)16-4/h12-16H,5-11H2,1-4H3. The summed E-state index contributed by atoms with van der Waals surface area (Å²) in [6, 6.07) is 0.824. The maximum absolute atomic E-state index is 3.50. The molecule has 0 saturated heterocycles. The summed E-state index contributed by atoms with van der Waals surface area (Å²) >= 11 is 0. The highest BCUT2D eigenvalue weighted by Crippen LogP contribution is 2.41. The molecule has 1 fully saturated rings. The monoisotopic (exact) mass is 225 g/mol. The number of rotatable bonds is 8. The van der Waals surface area contributed by atoms with Gasteiger partial charge in [0.05, 0.1) is 0 Å². The maximum atomic E-state index is 3.50. The lowest BCUT2D eigenvalue weighted by molar-refractivity contribution is 0.0803. The highest BCUT2D eigenvalue weighted by molar-refractivity contribution is 4.93. The first-order valence-electron chi connectivity index (χ1n) is 7.36. The van der Waals surface area contributed by atoms with Gasteiger partial charge >= 0.3 is 0 Å². The fraction of sp³-hybridized carbons (Fsp3) is 1.00. The van der Waals surface area contributed by atoms with Crippen LogP contribution in [0.1, 0.15) is 65.7 Å². The Labute approximate surface area is 102 Å². The molecule has 0 aromatic heterocycles. The molecule has 0 heterocycles. The van der Waals surface area contributed by atoms with Crippen LogP contribution in [0, 0.1) is 17.8 Å². The van der Waals surface area contributed by atoms with E-state index in [1.807, 2.05) is 0 Å². The van der Waals surface area contributed by atoms with Crippen LogP contribution in [-0.4, -0.2) is 13.1 Å². The van der Waals surface area contributed by atoms with Crippen LogP contribution in [0.4, 0.5) is 0 Å². The van der Waals surface area contributed by atoms with Crippen molar-refractivity contribution in [3.63, 3.8) is 0 Å². The molecule has 16 heavy (non-hydrogen) atoms. The first-order valence-corrected chi connectivity index (χ1v) is 7.36. The van der Waals surface area contributed by atoms with Gasteiger partial charge in [0, 0.05) is 6.04 Å². The summed E-state index contributed by atoms with van der Waals surface area (Å²) in [7, 11) is 2.13. The van der Waals surface area contributed by atoms with E-state index in [4.69, 9.17) is 0 Å². The van der Waals surface area contributed by atoms with Crippen LogP contribution in [0.5, 0.6) is 0 Å². The molecule has 3 atom stereocenters. The molecule has 0 bridgehead atoms. The van der Waals surface area contributed by atoms with E-state index in [1.54, 1.807) is 0 Å². The summed E-state index contributed by atoms with van der Waals surface area (Å²) in [6.45, 7) is 7.02. The number of hydrogen-bond donors (Lipinski definition) is 1. The van der Waals surface area contributed by atoms with Crippen molar-refractivity contribution in [3.05, 3.63) is 0 Å². The third kappa shape index (κ3) is 4.08. The van der Waals surface area contributed by atoms with E-state index in [1.165, 1.54) is 44.9 Å². The van der Waals surface area contributed by atoms with Crippen LogP contribution < -0.4 is 5.32 Å². The van der Waals surface area contributed by atoms with Gasteiger partial charge in [0.2, 0.25) is 0 Å². The fourth-order valence-corrected chi connectivity index (χ4v) is 3.26. The predicted octanol–water partition coefficient (Wildman–Crippen LogP) is 4.23. The maximum Gasteiger partial charge on any atom is 0.00977 e. The highest BCUT2D eigenvalue weighted by atomic mass is 14.9. The van der Waals surface area contributed by atoms with E-state index in [0.29, 0.717) is 0 Å². The molecule has 0 radical (unpaired) electrons. The van der Waals surface area contributed by atoms with Crippen molar-refractivity contribution in [1.29, 1.82) is 0 Å². The SMILES string of the molecule is CCCCCCC1C(CC(C)C)CC1NC. The molecule has 1 N–H and O–H groups in total. The summed E-state index contributed by atoms with van der Waals surface area (Å²) in [5.41, 5.74) is 0. The van der Waals surface area contributed by atoms with Gasteiger partial charge < -0.3 is 5.32 Å². The minimum Gasteiger partial charge on any atom is -0.317 e. The van der Waals surface area contributed by atoms with Crippen LogP contribution in [0.2, 0.25) is 0 Å². The second kappa shape index (κ2) is 7.32. The minimum atomic E-state index is 0.824. The average Bonchev–Trinajstić information content (AvgIpc) is 2.23. The Balaban J connectivity index is 2.22. The molecular formula is C15H31N. The van der Waals surface area contributed by atoms with Gasteiger partial charge in [-0.15, -0.1) is 0 Å². The van der Waals surface area contributed by atoms with Crippen molar-refractivity contribution >= 4 is 0 Å². The lowest BCUT2D eigenvalue weighted by Gasteiger charge is -2.46. The minimum absolute atomic E-state index is 0.824. The van der Waals surface area contributed by atoms with E-state index in [9.17, 15) is 0 Å². The molecule has 0 amide bonds. The number of unbranched alkanes of at least 4 members (excludes halogenated alkanes) is 3. The van der Waals surface area contributed by atoms with Crippen LogP contribution >= 0.6 is 0 Å². The number of nitrogens with one attached hydrogen (secondary N) is 1. The van der Waals surface area contributed by atoms with Gasteiger partial charge in [0.15, 0.2) is 0 Å². The molecule has 0 aromatic rings. The Bertz CT molecular complexity index is 176. The van der Waals surface area contributed by atoms with Gasteiger partial charge in [0.25, 0.3) is 0 Å². The molecule has 1 aliphatic carbocycles. The normalized spacial score (nSPS) is 29.4. The van der Waals surface area contributed by atoms with Gasteiger partial charge in [-0.05, 0) is 44.1 Å². The first-order chi connectivity index (χ1) is 7.69. The highest BCUT2D eigenvalue weighted by Gasteiger charge is 2.39. The van der Waals surface area contributed by atoms with Gasteiger partial charge in [-0.1, -0.05) is 46.5 Å². The Morgan fingerprint density at radius 3 is 2.50 bits per heavy atom.